The molecule has 0 amide bonds. The summed E-state index contributed by atoms with van der Waals surface area (Å²) in [6, 6.07) is 0. The van der Waals surface area contributed by atoms with Crippen LogP contribution in [0.1, 0.15) is 46.5 Å². The molecule has 90 valence electrons. The molecule has 0 aromatic carbocycles. The summed E-state index contributed by atoms with van der Waals surface area (Å²) >= 11 is 0. The van der Waals surface area contributed by atoms with E-state index < -0.39 is 0 Å². The van der Waals surface area contributed by atoms with Gasteiger partial charge >= 0.3 is 0 Å². The fraction of sp³-hybridized carbons (Fsp3) is 1.00. The van der Waals surface area contributed by atoms with E-state index in [1.54, 1.807) is 0 Å². The van der Waals surface area contributed by atoms with Gasteiger partial charge in [-0.25, -0.2) is 0 Å². The number of piperidine rings is 1. The fourth-order valence-electron chi connectivity index (χ4n) is 2.82. The van der Waals surface area contributed by atoms with E-state index in [9.17, 15) is 0 Å². The molecule has 1 heterocycles. The van der Waals surface area contributed by atoms with Crippen molar-refractivity contribution in [1.29, 1.82) is 0 Å². The lowest BCUT2D eigenvalue weighted by molar-refractivity contribution is -0.0871. The van der Waals surface area contributed by atoms with Gasteiger partial charge in [0.1, 0.15) is 0 Å². The summed E-state index contributed by atoms with van der Waals surface area (Å²) in [5.74, 6) is 0. The van der Waals surface area contributed by atoms with Gasteiger partial charge < -0.3 is 9.64 Å². The summed E-state index contributed by atoms with van der Waals surface area (Å²) in [4.78, 5) is 2.56. The zero-order chi connectivity index (χ0) is 11.3. The smallest absolute Gasteiger partial charge is 0.0582 e. The van der Waals surface area contributed by atoms with Gasteiger partial charge in [0.2, 0.25) is 0 Å². The molecule has 1 saturated heterocycles. The molecule has 0 unspecified atom stereocenters. The molecule has 1 saturated carbocycles. The van der Waals surface area contributed by atoms with Crippen LogP contribution in [0.3, 0.4) is 0 Å². The van der Waals surface area contributed by atoms with Crippen molar-refractivity contribution < 1.29 is 4.74 Å². The lowest BCUT2D eigenvalue weighted by Crippen LogP contribution is -2.49. The maximum absolute atomic E-state index is 5.35. The summed E-state index contributed by atoms with van der Waals surface area (Å²) in [5, 5.41) is 0. The molecule has 0 aromatic rings. The van der Waals surface area contributed by atoms with Gasteiger partial charge in [0, 0.05) is 7.11 Å². The van der Waals surface area contributed by atoms with E-state index in [0.29, 0.717) is 11.5 Å². The van der Waals surface area contributed by atoms with Gasteiger partial charge in [-0.2, -0.15) is 0 Å². The van der Waals surface area contributed by atoms with Gasteiger partial charge in [-0.1, -0.05) is 20.8 Å². The summed E-state index contributed by atoms with van der Waals surface area (Å²) in [6.45, 7) is 10.1. The first kappa shape index (κ1) is 13.0. The molecule has 2 nitrogen and oxygen atoms in total. The maximum Gasteiger partial charge on any atom is 0.0582 e. The Morgan fingerprint density at radius 1 is 1.20 bits per heavy atom. The van der Waals surface area contributed by atoms with Crippen molar-refractivity contribution in [3.05, 3.63) is 0 Å². The van der Waals surface area contributed by atoms with Crippen molar-refractivity contribution in [2.24, 2.45) is 5.41 Å². The molecule has 1 aliphatic heterocycles. The standard InChI is InChI=1S/C11H21NO.C2H6/c1-3-12-6-4-11(5-7-12)8-10(9-11)13-2;1-2/h10H,3-9H2,1-2H3;1-2H3. The third kappa shape index (κ3) is 2.94. The minimum absolute atomic E-state index is 0.577. The molecule has 1 spiro atoms. The average Bonchev–Trinajstić information content (AvgIpc) is 2.28. The Morgan fingerprint density at radius 3 is 2.13 bits per heavy atom. The highest BCUT2D eigenvalue weighted by Gasteiger charge is 2.45. The van der Waals surface area contributed by atoms with E-state index in [4.69, 9.17) is 4.74 Å². The largest absolute Gasteiger partial charge is 0.381 e. The lowest BCUT2D eigenvalue weighted by Gasteiger charge is -2.51. The van der Waals surface area contributed by atoms with E-state index >= 15 is 0 Å². The van der Waals surface area contributed by atoms with E-state index in [-0.39, 0.29) is 0 Å². The lowest BCUT2D eigenvalue weighted by atomic mass is 9.61. The zero-order valence-corrected chi connectivity index (χ0v) is 10.9. The average molecular weight is 213 g/mol. The van der Waals surface area contributed by atoms with Crippen LogP contribution >= 0.6 is 0 Å². The van der Waals surface area contributed by atoms with E-state index in [0.717, 1.165) is 0 Å². The second-order valence-electron chi connectivity index (χ2n) is 4.70. The van der Waals surface area contributed by atoms with E-state index in [1.165, 1.54) is 45.3 Å². The molecule has 0 bridgehead atoms. The molecule has 2 heteroatoms. The highest BCUT2D eigenvalue weighted by atomic mass is 16.5. The molecule has 0 N–H and O–H groups in total. The van der Waals surface area contributed by atoms with Gasteiger partial charge in [-0.3, -0.25) is 0 Å². The number of hydrogen-bond donors (Lipinski definition) is 0. The first-order valence-electron chi connectivity index (χ1n) is 6.53. The summed E-state index contributed by atoms with van der Waals surface area (Å²) < 4.78 is 5.35. The summed E-state index contributed by atoms with van der Waals surface area (Å²) in [6.07, 6.45) is 6.02. The van der Waals surface area contributed by atoms with Crippen molar-refractivity contribution in [2.45, 2.75) is 52.6 Å². The molecular weight excluding hydrogens is 186 g/mol. The second-order valence-corrected chi connectivity index (χ2v) is 4.70. The van der Waals surface area contributed by atoms with Crippen LogP contribution in [0.5, 0.6) is 0 Å². The molecule has 2 rings (SSSR count). The number of ether oxygens (including phenoxy) is 1. The van der Waals surface area contributed by atoms with Crippen LogP contribution in [0.2, 0.25) is 0 Å². The topological polar surface area (TPSA) is 12.5 Å². The third-order valence-electron chi connectivity index (χ3n) is 4.02. The molecule has 1 aliphatic carbocycles. The van der Waals surface area contributed by atoms with Gasteiger partial charge in [0.25, 0.3) is 0 Å². The normalized spacial score (nSPS) is 25.6. The number of rotatable bonds is 2. The first-order chi connectivity index (χ1) is 7.28. The number of nitrogens with zero attached hydrogens (tertiary/aromatic N) is 1. The predicted octanol–water partition coefficient (Wildman–Crippen LogP) is 2.92. The maximum atomic E-state index is 5.35. The number of hydrogen-bond acceptors (Lipinski definition) is 2. The minimum atomic E-state index is 0.577. The Morgan fingerprint density at radius 2 is 1.73 bits per heavy atom. The SMILES string of the molecule is CC.CCN1CCC2(CC1)CC(OC)C2. The number of methoxy groups -OCH3 is 1. The van der Waals surface area contributed by atoms with Crippen LogP contribution in [0.25, 0.3) is 0 Å². The summed E-state index contributed by atoms with van der Waals surface area (Å²) in [5.41, 5.74) is 0.687. The van der Waals surface area contributed by atoms with Crippen molar-refractivity contribution in [1.82, 2.24) is 4.90 Å². The Balaban J connectivity index is 0.000000531. The molecule has 0 radical (unpaired) electrons. The number of likely N-dealkylation sites (tertiary alicyclic amines) is 1. The predicted molar refractivity (Wildman–Crippen MR) is 65.2 cm³/mol. The van der Waals surface area contributed by atoms with Crippen molar-refractivity contribution in [3.63, 3.8) is 0 Å². The fourth-order valence-corrected chi connectivity index (χ4v) is 2.82. The van der Waals surface area contributed by atoms with E-state index in [1.807, 2.05) is 21.0 Å². The van der Waals surface area contributed by atoms with Crippen LogP contribution in [-0.4, -0.2) is 37.7 Å². The van der Waals surface area contributed by atoms with Crippen LogP contribution in [0, 0.1) is 5.41 Å². The van der Waals surface area contributed by atoms with Gasteiger partial charge in [0.15, 0.2) is 0 Å². The van der Waals surface area contributed by atoms with Crippen LogP contribution in [0.4, 0.5) is 0 Å². The highest BCUT2D eigenvalue weighted by Crippen LogP contribution is 2.49. The molecule has 15 heavy (non-hydrogen) atoms. The molecule has 2 aliphatic rings. The Labute approximate surface area is 95.0 Å². The Kier molecular flexibility index (Phi) is 5.07. The van der Waals surface area contributed by atoms with Crippen LogP contribution in [-0.2, 0) is 4.74 Å². The third-order valence-corrected chi connectivity index (χ3v) is 4.02. The summed E-state index contributed by atoms with van der Waals surface area (Å²) in [7, 11) is 1.85. The highest BCUT2D eigenvalue weighted by molar-refractivity contribution is 4.97. The van der Waals surface area contributed by atoms with E-state index in [2.05, 4.69) is 11.8 Å². The van der Waals surface area contributed by atoms with Crippen molar-refractivity contribution >= 4 is 0 Å². The van der Waals surface area contributed by atoms with Crippen molar-refractivity contribution in [2.75, 3.05) is 26.7 Å². The minimum Gasteiger partial charge on any atom is -0.381 e. The monoisotopic (exact) mass is 213 g/mol. The van der Waals surface area contributed by atoms with Gasteiger partial charge in [0.05, 0.1) is 6.10 Å². The molecule has 2 fully saturated rings. The van der Waals surface area contributed by atoms with Crippen molar-refractivity contribution in [3.8, 4) is 0 Å². The molecule has 0 atom stereocenters. The zero-order valence-electron chi connectivity index (χ0n) is 10.9. The van der Waals surface area contributed by atoms with Gasteiger partial charge in [-0.05, 0) is 50.7 Å². The van der Waals surface area contributed by atoms with Crippen LogP contribution < -0.4 is 0 Å². The molecule has 0 aromatic heterocycles. The van der Waals surface area contributed by atoms with Gasteiger partial charge in [-0.15, -0.1) is 0 Å². The first-order valence-corrected chi connectivity index (χ1v) is 6.53. The Bertz CT molecular complexity index is 165. The second kappa shape index (κ2) is 5.86. The molecular formula is C13H27NO. The van der Waals surface area contributed by atoms with Crippen LogP contribution in [0.15, 0.2) is 0 Å². The Hall–Kier alpha value is -0.0800. The quantitative estimate of drug-likeness (QED) is 0.699.